The van der Waals surface area contributed by atoms with Gasteiger partial charge < -0.3 is 19.1 Å². The Hall–Kier alpha value is -3.38. The van der Waals surface area contributed by atoms with Gasteiger partial charge in [0.25, 0.3) is 5.91 Å². The molecule has 3 aliphatic heterocycles. The molecule has 0 N–H and O–H groups in total. The van der Waals surface area contributed by atoms with E-state index in [0.717, 1.165) is 42.6 Å². The number of aromatic nitrogens is 1. The van der Waals surface area contributed by atoms with Crippen LogP contribution in [-0.4, -0.2) is 65.6 Å². The minimum atomic E-state index is -0.330. The highest BCUT2D eigenvalue weighted by Crippen LogP contribution is 2.46. The number of ether oxygens (including phenoxy) is 1. The normalized spacial score (nSPS) is 20.4. The third-order valence-corrected chi connectivity index (χ3v) is 10.1. The first-order valence-electron chi connectivity index (χ1n) is 15.7. The minimum Gasteiger partial charge on any atom is -0.465 e. The van der Waals surface area contributed by atoms with Crippen molar-refractivity contribution >= 4 is 28.9 Å². The lowest BCUT2D eigenvalue weighted by Gasteiger charge is -2.37. The molecule has 1 aromatic heterocycles. The zero-order valence-corrected chi connectivity index (χ0v) is 24.2. The smallest absolute Gasteiger partial charge is 0.337 e. The van der Waals surface area contributed by atoms with Gasteiger partial charge in [0.15, 0.2) is 0 Å². The number of esters is 1. The van der Waals surface area contributed by atoms with Crippen molar-refractivity contribution in [2.24, 2.45) is 0 Å². The Morgan fingerprint density at radius 1 is 0.854 bits per heavy atom. The Morgan fingerprint density at radius 3 is 2.37 bits per heavy atom. The van der Waals surface area contributed by atoms with Gasteiger partial charge in [0, 0.05) is 41.2 Å². The molecule has 4 aliphatic rings. The number of methoxy groups -OCH3 is 1. The van der Waals surface area contributed by atoms with E-state index in [-0.39, 0.29) is 11.9 Å². The molecule has 41 heavy (non-hydrogen) atoms. The molecule has 0 bridgehead atoms. The fourth-order valence-corrected chi connectivity index (χ4v) is 8.00. The number of likely N-dealkylation sites (tertiary alicyclic amines) is 2. The van der Waals surface area contributed by atoms with Crippen LogP contribution in [-0.2, 0) is 16.1 Å². The summed E-state index contributed by atoms with van der Waals surface area (Å²) < 4.78 is 7.43. The average Bonchev–Trinajstić information content (AvgIpc) is 3.64. The average molecular weight is 552 g/mol. The van der Waals surface area contributed by atoms with E-state index in [2.05, 4.69) is 50.8 Å². The summed E-state index contributed by atoms with van der Waals surface area (Å²) in [6.45, 7) is 4.56. The van der Waals surface area contributed by atoms with Gasteiger partial charge in [-0.1, -0.05) is 49.6 Å². The molecule has 0 radical (unpaired) electrons. The van der Waals surface area contributed by atoms with Gasteiger partial charge >= 0.3 is 5.97 Å². The predicted molar refractivity (Wildman–Crippen MR) is 163 cm³/mol. The van der Waals surface area contributed by atoms with Crippen LogP contribution in [0.1, 0.15) is 85.2 Å². The highest BCUT2D eigenvalue weighted by Gasteiger charge is 2.33. The molecular weight excluding hydrogens is 510 g/mol. The van der Waals surface area contributed by atoms with Gasteiger partial charge in [0.05, 0.1) is 24.9 Å². The molecular formula is C35H41N3O3. The molecule has 7 rings (SSSR count). The molecule has 3 aromatic rings. The van der Waals surface area contributed by atoms with Crippen molar-refractivity contribution in [2.45, 2.75) is 76.3 Å². The van der Waals surface area contributed by atoms with Crippen molar-refractivity contribution in [1.82, 2.24) is 14.4 Å². The van der Waals surface area contributed by atoms with E-state index in [1.165, 1.54) is 87.4 Å². The highest BCUT2D eigenvalue weighted by atomic mass is 16.5. The summed E-state index contributed by atoms with van der Waals surface area (Å²) in [7, 11) is 1.43. The Balaban J connectivity index is 1.31. The molecule has 3 fully saturated rings. The lowest BCUT2D eigenvalue weighted by Crippen LogP contribution is -2.46. The molecule has 0 unspecified atom stereocenters. The Labute approximate surface area is 242 Å². The Bertz CT molecular complexity index is 1500. The van der Waals surface area contributed by atoms with E-state index in [4.69, 9.17) is 4.74 Å². The van der Waals surface area contributed by atoms with E-state index in [9.17, 15) is 9.59 Å². The van der Waals surface area contributed by atoms with Crippen LogP contribution >= 0.6 is 0 Å². The van der Waals surface area contributed by atoms with Gasteiger partial charge in [-0.15, -0.1) is 0 Å². The number of hydrogen-bond acceptors (Lipinski definition) is 4. The minimum absolute atomic E-state index is 0.151. The monoisotopic (exact) mass is 551 g/mol. The van der Waals surface area contributed by atoms with E-state index >= 15 is 0 Å². The number of rotatable bonds is 4. The van der Waals surface area contributed by atoms with Crippen molar-refractivity contribution in [3.63, 3.8) is 0 Å². The van der Waals surface area contributed by atoms with E-state index in [1.54, 1.807) is 0 Å². The van der Waals surface area contributed by atoms with E-state index in [0.29, 0.717) is 24.1 Å². The molecule has 2 aromatic carbocycles. The number of amides is 1. The van der Waals surface area contributed by atoms with Crippen molar-refractivity contribution in [3.05, 3.63) is 64.7 Å². The lowest BCUT2D eigenvalue weighted by atomic mass is 9.81. The first-order chi connectivity index (χ1) is 20.1. The number of fused-ring (bicyclic) bond motifs is 5. The van der Waals surface area contributed by atoms with Crippen molar-refractivity contribution in [1.29, 1.82) is 0 Å². The van der Waals surface area contributed by atoms with Gasteiger partial charge in [-0.05, 0) is 86.9 Å². The fourth-order valence-electron chi connectivity index (χ4n) is 8.00. The molecule has 2 saturated heterocycles. The Morgan fingerprint density at radius 2 is 1.61 bits per heavy atom. The molecule has 1 saturated carbocycles. The summed E-state index contributed by atoms with van der Waals surface area (Å²) in [6.07, 6.45) is 13.0. The van der Waals surface area contributed by atoms with Gasteiger partial charge in [-0.2, -0.15) is 0 Å². The molecule has 6 heteroatoms. The lowest BCUT2D eigenvalue weighted by molar-refractivity contribution is -0.128. The van der Waals surface area contributed by atoms with Crippen LogP contribution in [0.15, 0.2) is 48.0 Å². The molecule has 1 aliphatic carbocycles. The van der Waals surface area contributed by atoms with Crippen LogP contribution in [0.2, 0.25) is 0 Å². The zero-order chi connectivity index (χ0) is 27.9. The number of piperidine rings is 1. The number of nitrogens with zero attached hydrogens (tertiary/aromatic N) is 3. The zero-order valence-electron chi connectivity index (χ0n) is 24.2. The van der Waals surface area contributed by atoms with Crippen LogP contribution in [0.25, 0.3) is 28.2 Å². The summed E-state index contributed by atoms with van der Waals surface area (Å²) in [6, 6.07) is 15.2. The van der Waals surface area contributed by atoms with Crippen LogP contribution in [0.5, 0.6) is 0 Å². The number of hydrogen-bond donors (Lipinski definition) is 0. The second-order valence-corrected chi connectivity index (χ2v) is 12.4. The van der Waals surface area contributed by atoms with Gasteiger partial charge in [0.2, 0.25) is 0 Å². The predicted octanol–water partition coefficient (Wildman–Crippen LogP) is 6.63. The molecule has 6 nitrogen and oxygen atoms in total. The SMILES string of the molecule is COC(=O)c1ccc2c(C3CCCCC3)c3n(c2c1)CC(C(=O)N1CCC(N2CCCC2)CC1)=Cc1ccccc1-3. The first kappa shape index (κ1) is 26.5. The first-order valence-corrected chi connectivity index (χ1v) is 15.7. The summed E-state index contributed by atoms with van der Waals surface area (Å²) >= 11 is 0. The highest BCUT2D eigenvalue weighted by molar-refractivity contribution is 6.03. The van der Waals surface area contributed by atoms with Crippen LogP contribution < -0.4 is 0 Å². The summed E-state index contributed by atoms with van der Waals surface area (Å²) in [5.74, 6) is 0.294. The molecule has 0 spiro atoms. The maximum absolute atomic E-state index is 14.2. The van der Waals surface area contributed by atoms with Crippen molar-refractivity contribution < 1.29 is 14.3 Å². The number of carbonyl (C=O) groups is 2. The largest absolute Gasteiger partial charge is 0.465 e. The van der Waals surface area contributed by atoms with Gasteiger partial charge in [-0.25, -0.2) is 4.79 Å². The number of benzene rings is 2. The van der Waals surface area contributed by atoms with E-state index in [1.807, 2.05) is 12.1 Å². The van der Waals surface area contributed by atoms with Gasteiger partial charge in [-0.3, -0.25) is 4.79 Å². The molecule has 1 amide bonds. The fraction of sp³-hybridized carbons (Fsp3) is 0.486. The van der Waals surface area contributed by atoms with Crippen molar-refractivity contribution in [3.8, 4) is 11.3 Å². The maximum Gasteiger partial charge on any atom is 0.337 e. The molecule has 214 valence electrons. The summed E-state index contributed by atoms with van der Waals surface area (Å²) in [5.41, 5.74) is 7.29. The molecule has 0 atom stereocenters. The standard InChI is InChI=1S/C35H41N3O3/c1-41-35(40)26-13-14-30-31(22-26)38-23-27(34(39)37-19-15-28(16-20-37)36-17-7-8-18-36)21-25-11-5-6-12-29(25)33(38)32(30)24-9-3-2-4-10-24/h5-6,11-14,21-22,24,28H,2-4,7-10,15-20,23H2,1H3. The Kier molecular flexibility index (Phi) is 7.20. The molecule has 4 heterocycles. The van der Waals surface area contributed by atoms with Crippen LogP contribution in [0, 0.1) is 0 Å². The van der Waals surface area contributed by atoms with Gasteiger partial charge in [0.1, 0.15) is 0 Å². The quantitative estimate of drug-likeness (QED) is 0.342. The second kappa shape index (κ2) is 11.1. The topological polar surface area (TPSA) is 54.8 Å². The van der Waals surface area contributed by atoms with Crippen molar-refractivity contribution in [2.75, 3.05) is 33.3 Å². The van der Waals surface area contributed by atoms with E-state index < -0.39 is 0 Å². The number of carbonyl (C=O) groups excluding carboxylic acids is 2. The third-order valence-electron chi connectivity index (χ3n) is 10.1. The summed E-state index contributed by atoms with van der Waals surface area (Å²) in [5, 5.41) is 1.20. The maximum atomic E-state index is 14.2. The third kappa shape index (κ3) is 4.80. The summed E-state index contributed by atoms with van der Waals surface area (Å²) in [4.78, 5) is 31.5. The van der Waals surface area contributed by atoms with Crippen LogP contribution in [0.4, 0.5) is 0 Å². The second-order valence-electron chi connectivity index (χ2n) is 12.4. The van der Waals surface area contributed by atoms with Crippen LogP contribution in [0.3, 0.4) is 0 Å².